The second kappa shape index (κ2) is 1.40. The fraction of sp³-hybridized carbons (Fsp3) is 1.00. The first-order chi connectivity index (χ1) is 2.50. The fourth-order valence-corrected chi connectivity index (χ4v) is 0.208. The van der Waals surface area contributed by atoms with Gasteiger partial charge in [0.2, 0.25) is 0 Å². The van der Waals surface area contributed by atoms with Crippen molar-refractivity contribution in [3.63, 3.8) is 0 Å². The van der Waals surface area contributed by atoms with E-state index in [4.69, 9.17) is 0 Å². The normalized spacial score (nSPS) is 22.4. The van der Waals surface area contributed by atoms with Crippen LogP contribution in [0.2, 0.25) is 0 Å². The van der Waals surface area contributed by atoms with E-state index in [-0.39, 0.29) is 0 Å². The highest BCUT2D eigenvalue weighted by Gasteiger charge is 1.96. The van der Waals surface area contributed by atoms with E-state index < -0.39 is 0 Å². The number of rotatable bonds is 0. The van der Waals surface area contributed by atoms with Crippen molar-refractivity contribution in [3.8, 4) is 0 Å². The van der Waals surface area contributed by atoms with Crippen molar-refractivity contribution in [1.82, 2.24) is 10.7 Å². The van der Waals surface area contributed by atoms with Crippen molar-refractivity contribution in [2.45, 2.75) is 0 Å². The maximum atomic E-state index is 4.46. The zero-order chi connectivity index (χ0) is 3.54. The minimum Gasteiger partial charge on any atom is -0.344 e. The Hall–Kier alpha value is -0.0551. The Labute approximate surface area is 30.9 Å². The van der Waals surface area contributed by atoms with E-state index >= 15 is 0 Å². The van der Waals surface area contributed by atoms with Crippen LogP contribution in [0.15, 0.2) is 0 Å². The predicted molar refractivity (Wildman–Crippen MR) is 18.0 cm³/mol. The Morgan fingerprint density at radius 1 is 1.80 bits per heavy atom. The Bertz CT molecular complexity index is 21.2. The summed E-state index contributed by atoms with van der Waals surface area (Å²) in [5.74, 6) is 0. The maximum absolute atomic E-state index is 4.46. The minimum absolute atomic E-state index is 0.722. The molecule has 2 N–H and O–H groups in total. The summed E-state index contributed by atoms with van der Waals surface area (Å²) in [5, 5.41) is 2.76. The molecule has 1 aliphatic rings. The lowest BCUT2D eigenvalue weighted by Crippen LogP contribution is -2.12. The molecule has 0 amide bonds. The minimum atomic E-state index is 0.722. The first-order valence-corrected chi connectivity index (χ1v) is 1.44. The summed E-state index contributed by atoms with van der Waals surface area (Å²) in [6, 6.07) is 0. The Morgan fingerprint density at radius 3 is 3.00 bits per heavy atom. The van der Waals surface area contributed by atoms with Crippen molar-refractivity contribution in [2.24, 2.45) is 0 Å². The molecule has 0 aromatic carbocycles. The highest BCUT2D eigenvalue weighted by Crippen LogP contribution is 1.61. The summed E-state index contributed by atoms with van der Waals surface area (Å²) in [5.41, 5.74) is 2.56. The molecule has 3 nitrogen and oxygen atoms in total. The third kappa shape index (κ3) is 0.610. The van der Waals surface area contributed by atoms with Gasteiger partial charge in [0.1, 0.15) is 0 Å². The van der Waals surface area contributed by atoms with Crippen LogP contribution >= 0.6 is 0 Å². The summed E-state index contributed by atoms with van der Waals surface area (Å²) < 4.78 is 4.46. The first-order valence-electron chi connectivity index (χ1n) is 1.44. The summed E-state index contributed by atoms with van der Waals surface area (Å²) in [7, 11) is 1.50. The van der Waals surface area contributed by atoms with Crippen molar-refractivity contribution in [2.75, 3.05) is 6.67 Å². The van der Waals surface area contributed by atoms with E-state index in [0.29, 0.717) is 0 Å². The molecule has 1 saturated heterocycles. The molecule has 0 aromatic heterocycles. The van der Waals surface area contributed by atoms with Crippen LogP contribution < -0.4 is 10.7 Å². The highest BCUT2D eigenvalue weighted by molar-refractivity contribution is 6.23. The quantitative estimate of drug-likeness (QED) is 0.344. The Morgan fingerprint density at radius 2 is 2.80 bits per heavy atom. The van der Waals surface area contributed by atoms with Gasteiger partial charge in [-0.3, -0.25) is 0 Å². The second-order valence-corrected chi connectivity index (χ2v) is 0.761. The van der Waals surface area contributed by atoms with Crippen LogP contribution in [0.5, 0.6) is 0 Å². The van der Waals surface area contributed by atoms with Crippen LogP contribution in [0.25, 0.3) is 0 Å². The van der Waals surface area contributed by atoms with E-state index in [1.165, 1.54) is 7.62 Å². The van der Waals surface area contributed by atoms with Gasteiger partial charge in [-0.25, -0.2) is 5.48 Å². The van der Waals surface area contributed by atoms with Gasteiger partial charge in [-0.15, -0.1) is 0 Å². The lowest BCUT2D eigenvalue weighted by Gasteiger charge is -1.78. The zero-order valence-corrected chi connectivity index (χ0v) is 2.69. The summed E-state index contributed by atoms with van der Waals surface area (Å²) >= 11 is 0. The molecule has 0 spiro atoms. The summed E-state index contributed by atoms with van der Waals surface area (Å²) in [6.45, 7) is 0.722. The molecular weight excluding hydrogens is 66.8 g/mol. The molecule has 1 fully saturated rings. The van der Waals surface area contributed by atoms with E-state index in [0.717, 1.165) is 6.67 Å². The average molecular weight is 70.9 g/mol. The Balaban J connectivity index is 2.08. The van der Waals surface area contributed by atoms with Gasteiger partial charge >= 0.3 is 7.62 Å². The molecule has 5 heavy (non-hydrogen) atoms. The molecule has 27 valence electrons. The van der Waals surface area contributed by atoms with E-state index in [9.17, 15) is 0 Å². The van der Waals surface area contributed by atoms with Gasteiger partial charge in [0.25, 0.3) is 0 Å². The standard InChI is InChI=1S/CH4BN2O/c1-3-2-5-4-1/h3-4H,1H2. The van der Waals surface area contributed by atoms with Crippen molar-refractivity contribution < 1.29 is 4.76 Å². The smallest absolute Gasteiger partial charge is 0.344 e. The molecule has 4 heteroatoms. The highest BCUT2D eigenvalue weighted by atomic mass is 16.6. The van der Waals surface area contributed by atoms with Crippen LogP contribution in [-0.4, -0.2) is 14.3 Å². The van der Waals surface area contributed by atoms with Gasteiger partial charge in [-0.05, 0) is 0 Å². The molecule has 1 aliphatic heterocycles. The van der Waals surface area contributed by atoms with Crippen LogP contribution in [-0.2, 0) is 4.76 Å². The molecule has 0 atom stereocenters. The third-order valence-electron chi connectivity index (χ3n) is 0.400. The third-order valence-corrected chi connectivity index (χ3v) is 0.400. The van der Waals surface area contributed by atoms with Crippen LogP contribution in [0, 0.1) is 0 Å². The van der Waals surface area contributed by atoms with Gasteiger partial charge < -0.3 is 9.98 Å². The van der Waals surface area contributed by atoms with E-state index in [1.54, 1.807) is 0 Å². The molecule has 1 heterocycles. The van der Waals surface area contributed by atoms with Crippen molar-refractivity contribution in [3.05, 3.63) is 0 Å². The molecule has 1 radical (unpaired) electrons. The van der Waals surface area contributed by atoms with Crippen LogP contribution in [0.4, 0.5) is 0 Å². The lowest BCUT2D eigenvalue weighted by atomic mass is 10.3. The van der Waals surface area contributed by atoms with Crippen LogP contribution in [0.1, 0.15) is 0 Å². The average Bonchev–Trinajstić information content (AvgIpc) is 1.76. The van der Waals surface area contributed by atoms with Gasteiger partial charge in [0, 0.05) is 0 Å². The molecule has 0 aliphatic carbocycles. The maximum Gasteiger partial charge on any atom is 0.421 e. The first kappa shape index (κ1) is 3.15. The predicted octanol–water partition coefficient (Wildman–Crippen LogP) is -1.40. The zero-order valence-electron chi connectivity index (χ0n) is 2.69. The monoisotopic (exact) mass is 71.0 g/mol. The molecule has 0 saturated carbocycles. The van der Waals surface area contributed by atoms with E-state index in [1.807, 2.05) is 0 Å². The second-order valence-electron chi connectivity index (χ2n) is 0.761. The van der Waals surface area contributed by atoms with Crippen LogP contribution in [0.3, 0.4) is 0 Å². The van der Waals surface area contributed by atoms with Gasteiger partial charge in [-0.2, -0.15) is 0 Å². The van der Waals surface area contributed by atoms with Gasteiger partial charge in [0.05, 0.1) is 6.67 Å². The molecule has 0 unspecified atom stereocenters. The van der Waals surface area contributed by atoms with E-state index in [2.05, 4.69) is 15.5 Å². The number of nitrogens with one attached hydrogen (secondary N) is 2. The molecule has 0 aromatic rings. The fourth-order valence-electron chi connectivity index (χ4n) is 0.208. The van der Waals surface area contributed by atoms with Crippen molar-refractivity contribution in [1.29, 1.82) is 0 Å². The SMILES string of the molecule is [B]1NCNO1. The number of hydrogen-bond acceptors (Lipinski definition) is 3. The van der Waals surface area contributed by atoms with Crippen molar-refractivity contribution >= 4 is 7.62 Å². The molecule has 0 bridgehead atoms. The molecule has 1 rings (SSSR count). The Kier molecular flexibility index (Phi) is 0.881. The van der Waals surface area contributed by atoms with Gasteiger partial charge in [-0.1, -0.05) is 0 Å². The largest absolute Gasteiger partial charge is 0.421 e. The topological polar surface area (TPSA) is 33.3 Å². The summed E-state index contributed by atoms with van der Waals surface area (Å²) in [6.07, 6.45) is 0. The number of hydroxylamine groups is 1. The summed E-state index contributed by atoms with van der Waals surface area (Å²) in [4.78, 5) is 0. The lowest BCUT2D eigenvalue weighted by molar-refractivity contribution is 0.245. The number of hydrogen-bond donors (Lipinski definition) is 2. The van der Waals surface area contributed by atoms with Gasteiger partial charge in [0.15, 0.2) is 0 Å². The molecular formula is CH4BN2O.